The minimum Gasteiger partial charge on any atom is -0.467 e. The van der Waals surface area contributed by atoms with Crippen molar-refractivity contribution in [2.75, 3.05) is 25.2 Å². The summed E-state index contributed by atoms with van der Waals surface area (Å²) < 4.78 is 6.84. The van der Waals surface area contributed by atoms with E-state index in [2.05, 4.69) is 20.8 Å². The Morgan fingerprint density at radius 3 is 2.67 bits per heavy atom. The molecular formula is C17H18N6O3S. The Hall–Kier alpha value is -3.14. The molecule has 2 heterocycles. The number of hydrogen-bond donors (Lipinski definition) is 1. The van der Waals surface area contributed by atoms with Crippen molar-refractivity contribution in [1.82, 2.24) is 25.1 Å². The highest BCUT2D eigenvalue weighted by Crippen LogP contribution is 2.16. The van der Waals surface area contributed by atoms with Crippen molar-refractivity contribution in [3.05, 3.63) is 54.0 Å². The summed E-state index contributed by atoms with van der Waals surface area (Å²) in [5.74, 6) is 0.587. The third-order valence-electron chi connectivity index (χ3n) is 3.54. The van der Waals surface area contributed by atoms with Crippen LogP contribution in [0.15, 0.2) is 52.2 Å². The summed E-state index contributed by atoms with van der Waals surface area (Å²) in [4.78, 5) is 25.5. The van der Waals surface area contributed by atoms with Gasteiger partial charge >= 0.3 is 0 Å². The Labute approximate surface area is 159 Å². The van der Waals surface area contributed by atoms with Gasteiger partial charge in [-0.2, -0.15) is 0 Å². The normalized spacial score (nSPS) is 10.6. The van der Waals surface area contributed by atoms with Gasteiger partial charge in [-0.05, 0) is 46.8 Å². The van der Waals surface area contributed by atoms with Crippen molar-refractivity contribution in [3.8, 4) is 0 Å². The maximum Gasteiger partial charge on any atom is 0.253 e. The number of benzene rings is 1. The molecule has 0 aliphatic carbocycles. The predicted octanol–water partition coefficient (Wildman–Crippen LogP) is 1.75. The van der Waals surface area contributed by atoms with E-state index in [0.29, 0.717) is 23.0 Å². The van der Waals surface area contributed by atoms with E-state index in [0.717, 1.165) is 5.76 Å². The van der Waals surface area contributed by atoms with E-state index >= 15 is 0 Å². The highest BCUT2D eigenvalue weighted by Gasteiger charge is 2.12. The van der Waals surface area contributed by atoms with Crippen LogP contribution in [0, 0.1) is 0 Å². The van der Waals surface area contributed by atoms with Gasteiger partial charge in [-0.3, -0.25) is 9.59 Å². The maximum atomic E-state index is 12.2. The van der Waals surface area contributed by atoms with Gasteiger partial charge in [0.25, 0.3) is 5.91 Å². The number of hydrogen-bond acceptors (Lipinski definition) is 7. The highest BCUT2D eigenvalue weighted by atomic mass is 32.2. The lowest BCUT2D eigenvalue weighted by Gasteiger charge is -2.11. The van der Waals surface area contributed by atoms with Crippen molar-refractivity contribution in [2.24, 2.45) is 0 Å². The van der Waals surface area contributed by atoms with Crippen molar-refractivity contribution in [1.29, 1.82) is 0 Å². The predicted molar refractivity (Wildman–Crippen MR) is 99.4 cm³/mol. The number of rotatable bonds is 7. The Balaban J connectivity index is 1.53. The Morgan fingerprint density at radius 2 is 2.00 bits per heavy atom. The number of nitrogens with zero attached hydrogens (tertiary/aromatic N) is 5. The lowest BCUT2D eigenvalue weighted by atomic mass is 10.2. The van der Waals surface area contributed by atoms with Crippen LogP contribution in [0.3, 0.4) is 0 Å². The van der Waals surface area contributed by atoms with E-state index in [9.17, 15) is 9.59 Å². The Bertz CT molecular complexity index is 905. The molecule has 10 heteroatoms. The summed E-state index contributed by atoms with van der Waals surface area (Å²) >= 11 is 1.23. The molecule has 3 rings (SSSR count). The topological polar surface area (TPSA) is 106 Å². The first-order valence-electron chi connectivity index (χ1n) is 8.06. The summed E-state index contributed by atoms with van der Waals surface area (Å²) in [6, 6.07) is 10.4. The molecule has 0 atom stereocenters. The fraction of sp³-hybridized carbons (Fsp3) is 0.235. The van der Waals surface area contributed by atoms with Crippen molar-refractivity contribution in [3.63, 3.8) is 0 Å². The van der Waals surface area contributed by atoms with Crippen LogP contribution in [0.5, 0.6) is 0 Å². The molecule has 2 aromatic heterocycles. The quantitative estimate of drug-likeness (QED) is 0.617. The molecule has 27 heavy (non-hydrogen) atoms. The van der Waals surface area contributed by atoms with Crippen molar-refractivity contribution < 1.29 is 14.0 Å². The second-order valence-corrected chi connectivity index (χ2v) is 6.75. The van der Waals surface area contributed by atoms with Gasteiger partial charge in [0.1, 0.15) is 12.3 Å². The second kappa shape index (κ2) is 8.49. The maximum absolute atomic E-state index is 12.2. The fourth-order valence-electron chi connectivity index (χ4n) is 2.23. The first-order valence-corrected chi connectivity index (χ1v) is 9.04. The number of tetrazole rings is 1. The molecule has 0 fully saturated rings. The molecule has 1 N–H and O–H groups in total. The molecule has 0 aliphatic rings. The van der Waals surface area contributed by atoms with Crippen molar-refractivity contribution in [2.45, 2.75) is 11.7 Å². The summed E-state index contributed by atoms with van der Waals surface area (Å²) in [6.07, 6.45) is 1.58. The number of carbonyl (C=O) groups is 2. The lowest BCUT2D eigenvalue weighted by molar-refractivity contribution is -0.113. The minimum atomic E-state index is -0.195. The van der Waals surface area contributed by atoms with Crippen LogP contribution >= 0.6 is 11.8 Å². The summed E-state index contributed by atoms with van der Waals surface area (Å²) in [7, 11) is 3.38. The Morgan fingerprint density at radius 1 is 1.22 bits per heavy atom. The van der Waals surface area contributed by atoms with Gasteiger partial charge in [-0.15, -0.1) is 5.10 Å². The van der Waals surface area contributed by atoms with Crippen LogP contribution in [0.4, 0.5) is 5.69 Å². The number of amides is 2. The van der Waals surface area contributed by atoms with Crippen LogP contribution < -0.4 is 5.32 Å². The molecule has 0 spiro atoms. The second-order valence-electron chi connectivity index (χ2n) is 5.81. The molecule has 140 valence electrons. The van der Waals surface area contributed by atoms with Gasteiger partial charge < -0.3 is 14.6 Å². The standard InChI is InChI=1S/C17H18N6O3S/c1-22(2)16(25)12-5-7-13(8-6-12)18-15(24)11-27-17-19-20-21-23(17)10-14-4-3-9-26-14/h3-9H,10-11H2,1-2H3,(H,18,24). The molecular weight excluding hydrogens is 368 g/mol. The van der Waals surface area contributed by atoms with Crippen LogP contribution in [-0.4, -0.2) is 56.8 Å². The number of anilines is 1. The third-order valence-corrected chi connectivity index (χ3v) is 4.50. The van der Waals surface area contributed by atoms with E-state index in [-0.39, 0.29) is 17.6 Å². The number of aromatic nitrogens is 4. The van der Waals surface area contributed by atoms with E-state index in [1.165, 1.54) is 16.7 Å². The molecule has 0 saturated carbocycles. The molecule has 0 aliphatic heterocycles. The van der Waals surface area contributed by atoms with Crippen molar-refractivity contribution >= 4 is 29.3 Å². The van der Waals surface area contributed by atoms with Gasteiger partial charge in [-0.1, -0.05) is 11.8 Å². The van der Waals surface area contributed by atoms with E-state index in [1.807, 2.05) is 6.07 Å². The molecule has 9 nitrogen and oxygen atoms in total. The highest BCUT2D eigenvalue weighted by molar-refractivity contribution is 7.99. The molecule has 2 amide bonds. The van der Waals surface area contributed by atoms with Crippen LogP contribution in [0.2, 0.25) is 0 Å². The number of nitrogens with one attached hydrogen (secondary N) is 1. The molecule has 0 unspecified atom stereocenters. The third kappa shape index (κ3) is 4.94. The van der Waals surface area contributed by atoms with Crippen LogP contribution in [-0.2, 0) is 11.3 Å². The van der Waals surface area contributed by atoms with Gasteiger partial charge in [0, 0.05) is 25.3 Å². The smallest absolute Gasteiger partial charge is 0.253 e. The van der Waals surface area contributed by atoms with E-state index < -0.39 is 0 Å². The zero-order valence-corrected chi connectivity index (χ0v) is 15.6. The van der Waals surface area contributed by atoms with E-state index in [1.54, 1.807) is 55.4 Å². The fourth-order valence-corrected chi connectivity index (χ4v) is 2.91. The molecule has 0 saturated heterocycles. The zero-order chi connectivity index (χ0) is 19.2. The number of carbonyl (C=O) groups excluding carboxylic acids is 2. The largest absolute Gasteiger partial charge is 0.467 e. The minimum absolute atomic E-state index is 0.0909. The number of furan rings is 1. The number of thioether (sulfide) groups is 1. The zero-order valence-electron chi connectivity index (χ0n) is 14.8. The average Bonchev–Trinajstić information content (AvgIpc) is 3.32. The summed E-state index contributed by atoms with van der Waals surface area (Å²) in [6.45, 7) is 0.394. The lowest BCUT2D eigenvalue weighted by Crippen LogP contribution is -2.21. The Kier molecular flexibility index (Phi) is 5.87. The summed E-state index contributed by atoms with van der Waals surface area (Å²) in [5.41, 5.74) is 1.18. The first-order chi connectivity index (χ1) is 13.0. The van der Waals surface area contributed by atoms with Gasteiger partial charge in [-0.25, -0.2) is 4.68 Å². The molecule has 1 aromatic carbocycles. The monoisotopic (exact) mass is 386 g/mol. The summed E-state index contributed by atoms with van der Waals surface area (Å²) in [5, 5.41) is 14.8. The first kappa shape index (κ1) is 18.6. The van der Waals surface area contributed by atoms with Crippen LogP contribution in [0.25, 0.3) is 0 Å². The molecule has 0 bridgehead atoms. The SMILES string of the molecule is CN(C)C(=O)c1ccc(NC(=O)CSc2nnnn2Cc2ccco2)cc1. The molecule has 3 aromatic rings. The van der Waals surface area contributed by atoms with Gasteiger partial charge in [0.05, 0.1) is 12.0 Å². The van der Waals surface area contributed by atoms with Gasteiger partial charge in [0.2, 0.25) is 11.1 Å². The van der Waals surface area contributed by atoms with Crippen LogP contribution in [0.1, 0.15) is 16.1 Å². The average molecular weight is 386 g/mol. The van der Waals surface area contributed by atoms with E-state index in [4.69, 9.17) is 4.42 Å². The van der Waals surface area contributed by atoms with Gasteiger partial charge in [0.15, 0.2) is 0 Å². The molecule has 0 radical (unpaired) electrons.